The van der Waals surface area contributed by atoms with Crippen LogP contribution < -0.4 is 0 Å². The summed E-state index contributed by atoms with van der Waals surface area (Å²) in [6.07, 6.45) is 1.13. The van der Waals surface area contributed by atoms with Crippen molar-refractivity contribution in [1.82, 2.24) is 0 Å². The molecule has 0 atom stereocenters. The second kappa shape index (κ2) is 7.88. The highest BCUT2D eigenvalue weighted by atomic mass is 35.5. The predicted octanol–water partition coefficient (Wildman–Crippen LogP) is 4.27. The maximum Gasteiger partial charge on any atom is 0.150 e. The molecule has 0 spiro atoms. The Morgan fingerprint density at radius 2 is 1.75 bits per heavy atom. The fraction of sp³-hybridized carbons (Fsp3) is 0.571. The molecule has 20 heavy (non-hydrogen) atoms. The minimum atomic E-state index is -2.97. The lowest BCUT2D eigenvalue weighted by Gasteiger charge is -2.31. The van der Waals surface area contributed by atoms with Crippen LogP contribution in [0.1, 0.15) is 25.3 Å². The Morgan fingerprint density at radius 1 is 1.15 bits per heavy atom. The van der Waals surface area contributed by atoms with E-state index in [2.05, 4.69) is 0 Å². The van der Waals surface area contributed by atoms with E-state index in [-0.39, 0.29) is 11.5 Å². The van der Waals surface area contributed by atoms with Gasteiger partial charge in [-0.05, 0) is 24.5 Å². The molecule has 0 saturated carbocycles. The number of rotatable bonds is 8. The average molecular weight is 358 g/mol. The fourth-order valence-corrected chi connectivity index (χ4v) is 4.16. The summed E-state index contributed by atoms with van der Waals surface area (Å²) in [7, 11) is -2.97. The van der Waals surface area contributed by atoms with Gasteiger partial charge in [0.25, 0.3) is 0 Å². The van der Waals surface area contributed by atoms with Crippen LogP contribution >= 0.6 is 34.8 Å². The summed E-state index contributed by atoms with van der Waals surface area (Å²) in [4.78, 5) is 0. The minimum Gasteiger partial charge on any atom is -0.229 e. The van der Waals surface area contributed by atoms with Crippen molar-refractivity contribution in [3.63, 3.8) is 0 Å². The molecule has 0 unspecified atom stereocenters. The topological polar surface area (TPSA) is 34.1 Å². The largest absolute Gasteiger partial charge is 0.229 e. The maximum absolute atomic E-state index is 11.6. The monoisotopic (exact) mass is 356 g/mol. The molecule has 0 radical (unpaired) electrons. The molecular weight excluding hydrogens is 339 g/mol. The minimum absolute atomic E-state index is 0.156. The first-order chi connectivity index (χ1) is 9.40. The lowest BCUT2D eigenvalue weighted by molar-refractivity contribution is 0.483. The lowest BCUT2D eigenvalue weighted by atomic mass is 9.80. The Kier molecular flexibility index (Phi) is 7.13. The molecule has 114 valence electrons. The van der Waals surface area contributed by atoms with Gasteiger partial charge in [0.1, 0.15) is 9.84 Å². The van der Waals surface area contributed by atoms with E-state index in [1.54, 1.807) is 13.0 Å². The van der Waals surface area contributed by atoms with Gasteiger partial charge in [-0.25, -0.2) is 8.42 Å². The van der Waals surface area contributed by atoms with Gasteiger partial charge >= 0.3 is 0 Å². The maximum atomic E-state index is 11.6. The van der Waals surface area contributed by atoms with E-state index in [1.807, 2.05) is 18.2 Å². The summed E-state index contributed by atoms with van der Waals surface area (Å²) in [6, 6.07) is 7.44. The van der Waals surface area contributed by atoms with Gasteiger partial charge in [0.15, 0.2) is 0 Å². The van der Waals surface area contributed by atoms with E-state index >= 15 is 0 Å². The summed E-state index contributed by atoms with van der Waals surface area (Å²) in [5.74, 6) is 0.941. The predicted molar refractivity (Wildman–Crippen MR) is 88.1 cm³/mol. The molecule has 1 rings (SSSR count). The highest BCUT2D eigenvalue weighted by Gasteiger charge is 2.32. The molecule has 2 nitrogen and oxygen atoms in total. The van der Waals surface area contributed by atoms with Crippen LogP contribution in [-0.2, 0) is 15.3 Å². The highest BCUT2D eigenvalue weighted by molar-refractivity contribution is 7.91. The van der Waals surface area contributed by atoms with Crippen LogP contribution in [0.5, 0.6) is 0 Å². The molecule has 0 amide bonds. The van der Waals surface area contributed by atoms with Gasteiger partial charge in [-0.1, -0.05) is 36.7 Å². The van der Waals surface area contributed by atoms with Gasteiger partial charge in [-0.3, -0.25) is 0 Å². The lowest BCUT2D eigenvalue weighted by Crippen LogP contribution is -2.31. The standard InChI is InChI=1S/C14H19Cl3O2S/c1-2-20(18,19)9-5-8-14(10-15,11-16)12-6-3-4-7-13(12)17/h3-4,6-7H,2,5,8-11H2,1H3. The number of halogens is 3. The number of hydrogen-bond donors (Lipinski definition) is 0. The van der Waals surface area contributed by atoms with Crippen LogP contribution in [0.3, 0.4) is 0 Å². The number of hydrogen-bond acceptors (Lipinski definition) is 2. The third kappa shape index (κ3) is 4.52. The van der Waals surface area contributed by atoms with Crippen LogP contribution in [0.25, 0.3) is 0 Å². The quantitative estimate of drug-likeness (QED) is 0.651. The van der Waals surface area contributed by atoms with Crippen LogP contribution in [0.4, 0.5) is 0 Å². The zero-order chi connectivity index (χ0) is 15.2. The molecule has 1 aromatic carbocycles. The van der Waals surface area contributed by atoms with E-state index in [0.717, 1.165) is 5.56 Å². The van der Waals surface area contributed by atoms with Crippen LogP contribution in [-0.4, -0.2) is 31.7 Å². The van der Waals surface area contributed by atoms with E-state index in [4.69, 9.17) is 34.8 Å². The molecule has 0 aliphatic rings. The zero-order valence-corrected chi connectivity index (χ0v) is 14.5. The van der Waals surface area contributed by atoms with Gasteiger partial charge in [-0.15, -0.1) is 23.2 Å². The Labute approximate surface area is 136 Å². The van der Waals surface area contributed by atoms with E-state index in [9.17, 15) is 8.42 Å². The Bertz CT molecular complexity index is 525. The smallest absolute Gasteiger partial charge is 0.150 e. The van der Waals surface area contributed by atoms with Crippen molar-refractivity contribution in [2.75, 3.05) is 23.3 Å². The molecule has 0 bridgehead atoms. The van der Waals surface area contributed by atoms with Gasteiger partial charge < -0.3 is 0 Å². The Morgan fingerprint density at radius 3 is 2.25 bits per heavy atom. The molecule has 0 aliphatic heterocycles. The first kappa shape index (κ1) is 18.1. The summed E-state index contributed by atoms with van der Waals surface area (Å²) >= 11 is 18.5. The third-order valence-corrected chi connectivity index (χ3v) is 6.65. The third-order valence-electron chi connectivity index (χ3n) is 3.51. The van der Waals surface area contributed by atoms with Crippen molar-refractivity contribution in [3.05, 3.63) is 34.9 Å². The van der Waals surface area contributed by atoms with Crippen molar-refractivity contribution < 1.29 is 8.42 Å². The summed E-state index contributed by atoms with van der Waals surface area (Å²) < 4.78 is 23.1. The highest BCUT2D eigenvalue weighted by Crippen LogP contribution is 2.36. The van der Waals surface area contributed by atoms with Crippen molar-refractivity contribution in [3.8, 4) is 0 Å². The molecule has 1 aromatic rings. The first-order valence-electron chi connectivity index (χ1n) is 6.48. The SMILES string of the molecule is CCS(=O)(=O)CCCC(CCl)(CCl)c1ccccc1Cl. The normalized spacial score (nSPS) is 12.6. The molecular formula is C14H19Cl3O2S. The Hall–Kier alpha value is 0.0400. The molecule has 0 N–H and O–H groups in total. The van der Waals surface area contributed by atoms with E-state index in [1.165, 1.54) is 0 Å². The van der Waals surface area contributed by atoms with E-state index in [0.29, 0.717) is 29.6 Å². The fourth-order valence-electron chi connectivity index (χ4n) is 2.11. The van der Waals surface area contributed by atoms with Gasteiger partial charge in [0, 0.05) is 28.0 Å². The van der Waals surface area contributed by atoms with Crippen LogP contribution in [0.2, 0.25) is 5.02 Å². The number of benzene rings is 1. The first-order valence-corrected chi connectivity index (χ1v) is 9.75. The number of sulfone groups is 1. The van der Waals surface area contributed by atoms with E-state index < -0.39 is 15.3 Å². The molecule has 6 heteroatoms. The van der Waals surface area contributed by atoms with Crippen LogP contribution in [0, 0.1) is 0 Å². The number of alkyl halides is 2. The molecule has 0 saturated heterocycles. The summed E-state index contributed by atoms with van der Waals surface area (Å²) in [6.45, 7) is 1.65. The molecule has 0 heterocycles. The van der Waals surface area contributed by atoms with Gasteiger partial charge in [0.05, 0.1) is 5.75 Å². The molecule has 0 aliphatic carbocycles. The Balaban J connectivity index is 2.91. The van der Waals surface area contributed by atoms with Gasteiger partial charge in [-0.2, -0.15) is 0 Å². The van der Waals surface area contributed by atoms with Crippen molar-refractivity contribution in [2.24, 2.45) is 0 Å². The summed E-state index contributed by atoms with van der Waals surface area (Å²) in [5, 5.41) is 0.618. The van der Waals surface area contributed by atoms with Crippen molar-refractivity contribution >= 4 is 44.6 Å². The zero-order valence-electron chi connectivity index (χ0n) is 11.4. The second-order valence-corrected chi connectivity index (χ2v) is 8.28. The molecule has 0 aromatic heterocycles. The molecule has 0 fully saturated rings. The van der Waals surface area contributed by atoms with Crippen LogP contribution in [0.15, 0.2) is 24.3 Å². The average Bonchev–Trinajstić information content (AvgIpc) is 2.45. The van der Waals surface area contributed by atoms with Gasteiger partial charge in [0.2, 0.25) is 0 Å². The summed E-state index contributed by atoms with van der Waals surface area (Å²) in [5.41, 5.74) is 0.408. The van der Waals surface area contributed by atoms with Crippen molar-refractivity contribution in [1.29, 1.82) is 0 Å². The second-order valence-electron chi connectivity index (χ2n) is 4.87. The van der Waals surface area contributed by atoms with Crippen molar-refractivity contribution in [2.45, 2.75) is 25.2 Å².